The fourth-order valence-corrected chi connectivity index (χ4v) is 1.99. The molecule has 0 saturated heterocycles. The quantitative estimate of drug-likeness (QED) is 0.462. The molecule has 0 radical (unpaired) electrons. The van der Waals surface area contributed by atoms with E-state index in [1.807, 2.05) is 29.2 Å². The van der Waals surface area contributed by atoms with Crippen LogP contribution >= 0.6 is 0 Å². The van der Waals surface area contributed by atoms with Gasteiger partial charge in [-0.05, 0) is 25.0 Å². The molecule has 0 unspecified atom stereocenters. The lowest BCUT2D eigenvalue weighted by Gasteiger charge is -2.14. The van der Waals surface area contributed by atoms with Crippen molar-refractivity contribution in [2.75, 3.05) is 18.1 Å². The second-order valence-electron chi connectivity index (χ2n) is 3.95. The highest BCUT2D eigenvalue weighted by Crippen LogP contribution is 2.28. The van der Waals surface area contributed by atoms with Gasteiger partial charge in [0, 0.05) is 18.4 Å². The predicted molar refractivity (Wildman–Crippen MR) is 67.8 cm³/mol. The molecule has 0 N–H and O–H groups in total. The topological polar surface area (TPSA) is 53.3 Å². The average molecular weight is 242 g/mol. The molecular formula is C14H14N2O2. The summed E-state index contributed by atoms with van der Waals surface area (Å²) in [6.07, 6.45) is 2.50. The smallest absolute Gasteiger partial charge is 0.350 e. The number of rotatable bonds is 3. The zero-order valence-electron chi connectivity index (χ0n) is 10.2. The summed E-state index contributed by atoms with van der Waals surface area (Å²) in [5, 5.41) is 8.99. The van der Waals surface area contributed by atoms with E-state index in [1.54, 1.807) is 13.1 Å². The largest absolute Gasteiger partial charge is 0.462 e. The van der Waals surface area contributed by atoms with Gasteiger partial charge in [0.15, 0.2) is 5.57 Å². The highest BCUT2D eigenvalue weighted by Gasteiger charge is 2.19. The Kier molecular flexibility index (Phi) is 3.63. The average Bonchev–Trinajstić information content (AvgIpc) is 2.79. The molecule has 18 heavy (non-hydrogen) atoms. The van der Waals surface area contributed by atoms with Crippen molar-refractivity contribution >= 4 is 11.7 Å². The fourth-order valence-electron chi connectivity index (χ4n) is 1.99. The Bertz CT molecular complexity index is 529. The first-order valence-corrected chi connectivity index (χ1v) is 5.90. The second-order valence-corrected chi connectivity index (χ2v) is 3.95. The lowest BCUT2D eigenvalue weighted by atomic mass is 10.2. The maximum atomic E-state index is 11.5. The molecule has 92 valence electrons. The molecule has 1 heterocycles. The summed E-state index contributed by atoms with van der Waals surface area (Å²) in [7, 11) is 0. The van der Waals surface area contributed by atoms with Gasteiger partial charge in [0.1, 0.15) is 6.07 Å². The molecule has 1 aromatic rings. The van der Waals surface area contributed by atoms with Crippen LogP contribution in [0.4, 0.5) is 5.69 Å². The maximum Gasteiger partial charge on any atom is 0.350 e. The van der Waals surface area contributed by atoms with Crippen LogP contribution in [-0.4, -0.2) is 19.1 Å². The predicted octanol–water partition coefficient (Wildman–Crippen LogP) is 2.02. The van der Waals surface area contributed by atoms with E-state index in [0.29, 0.717) is 0 Å². The molecule has 0 saturated carbocycles. The summed E-state index contributed by atoms with van der Waals surface area (Å²) >= 11 is 0. The molecule has 0 atom stereocenters. The van der Waals surface area contributed by atoms with Crippen LogP contribution in [-0.2, 0) is 16.0 Å². The van der Waals surface area contributed by atoms with Crippen molar-refractivity contribution in [3.05, 3.63) is 41.6 Å². The van der Waals surface area contributed by atoms with E-state index in [0.717, 1.165) is 18.7 Å². The van der Waals surface area contributed by atoms with Gasteiger partial charge in [-0.3, -0.25) is 0 Å². The van der Waals surface area contributed by atoms with E-state index in [1.165, 1.54) is 5.56 Å². The Balaban J connectivity index is 2.24. The number of fused-ring (bicyclic) bond motifs is 1. The number of benzene rings is 1. The lowest BCUT2D eigenvalue weighted by Crippen LogP contribution is -2.16. The molecule has 0 spiro atoms. The number of nitriles is 1. The highest BCUT2D eigenvalue weighted by molar-refractivity contribution is 5.93. The molecule has 1 aliphatic heterocycles. The summed E-state index contributed by atoms with van der Waals surface area (Å²) in [6, 6.07) is 9.86. The molecule has 4 heteroatoms. The summed E-state index contributed by atoms with van der Waals surface area (Å²) in [5.74, 6) is -0.565. The lowest BCUT2D eigenvalue weighted by molar-refractivity contribution is -0.138. The van der Waals surface area contributed by atoms with Crippen molar-refractivity contribution in [1.29, 1.82) is 5.26 Å². The molecular weight excluding hydrogens is 228 g/mol. The van der Waals surface area contributed by atoms with Crippen LogP contribution in [0.25, 0.3) is 0 Å². The van der Waals surface area contributed by atoms with E-state index < -0.39 is 5.97 Å². The minimum Gasteiger partial charge on any atom is -0.462 e. The van der Waals surface area contributed by atoms with E-state index in [-0.39, 0.29) is 12.2 Å². The Labute approximate surface area is 106 Å². The molecule has 0 fully saturated rings. The van der Waals surface area contributed by atoms with E-state index in [4.69, 9.17) is 10.00 Å². The molecule has 4 nitrogen and oxygen atoms in total. The van der Waals surface area contributed by atoms with Crippen LogP contribution in [0.5, 0.6) is 0 Å². The number of carbonyl (C=O) groups is 1. The van der Waals surface area contributed by atoms with Crippen LogP contribution in [0, 0.1) is 11.3 Å². The third-order valence-electron chi connectivity index (χ3n) is 2.82. The number of hydrogen-bond acceptors (Lipinski definition) is 4. The Morgan fingerprint density at radius 1 is 1.56 bits per heavy atom. The van der Waals surface area contributed by atoms with Crippen LogP contribution in [0.15, 0.2) is 36.0 Å². The van der Waals surface area contributed by atoms with E-state index >= 15 is 0 Å². The molecule has 1 aromatic carbocycles. The number of para-hydroxylation sites is 1. The fraction of sp³-hybridized carbons (Fsp3) is 0.286. The third kappa shape index (κ3) is 2.35. The van der Waals surface area contributed by atoms with E-state index in [9.17, 15) is 4.79 Å². The second kappa shape index (κ2) is 5.37. The van der Waals surface area contributed by atoms with Gasteiger partial charge in [0.2, 0.25) is 0 Å². The monoisotopic (exact) mass is 242 g/mol. The van der Waals surface area contributed by atoms with Crippen molar-refractivity contribution in [1.82, 2.24) is 0 Å². The Morgan fingerprint density at radius 2 is 2.33 bits per heavy atom. The van der Waals surface area contributed by atoms with Crippen molar-refractivity contribution < 1.29 is 9.53 Å². The standard InChI is InChI=1S/C14H14N2O2/c1-2-18-14(17)12(9-15)10-16-8-7-11-5-3-4-6-13(11)16/h3-6,10H,2,7-8H2,1H3. The van der Waals surface area contributed by atoms with Crippen LogP contribution in [0.1, 0.15) is 12.5 Å². The molecule has 1 aliphatic rings. The van der Waals surface area contributed by atoms with Gasteiger partial charge in [0.05, 0.1) is 6.61 Å². The number of hydrogen-bond donors (Lipinski definition) is 0. The summed E-state index contributed by atoms with van der Waals surface area (Å²) < 4.78 is 4.84. The number of anilines is 1. The van der Waals surface area contributed by atoms with Gasteiger partial charge in [-0.1, -0.05) is 18.2 Å². The van der Waals surface area contributed by atoms with Crippen molar-refractivity contribution in [3.63, 3.8) is 0 Å². The van der Waals surface area contributed by atoms with Crippen LogP contribution in [0.3, 0.4) is 0 Å². The van der Waals surface area contributed by atoms with Gasteiger partial charge in [-0.2, -0.15) is 5.26 Å². The summed E-state index contributed by atoms with van der Waals surface area (Å²) in [5.41, 5.74) is 2.32. The number of ether oxygens (including phenoxy) is 1. The van der Waals surface area contributed by atoms with Crippen molar-refractivity contribution in [3.8, 4) is 6.07 Å². The Hall–Kier alpha value is -2.28. The zero-order chi connectivity index (χ0) is 13.0. The van der Waals surface area contributed by atoms with Gasteiger partial charge < -0.3 is 9.64 Å². The third-order valence-corrected chi connectivity index (χ3v) is 2.82. The van der Waals surface area contributed by atoms with Gasteiger partial charge in [-0.25, -0.2) is 4.79 Å². The zero-order valence-corrected chi connectivity index (χ0v) is 10.2. The highest BCUT2D eigenvalue weighted by atomic mass is 16.5. The normalized spacial score (nSPS) is 14.0. The van der Waals surface area contributed by atoms with Crippen molar-refractivity contribution in [2.24, 2.45) is 0 Å². The number of nitrogens with zero attached hydrogens (tertiary/aromatic N) is 2. The van der Waals surface area contributed by atoms with Gasteiger partial charge in [-0.15, -0.1) is 0 Å². The summed E-state index contributed by atoms with van der Waals surface area (Å²) in [6.45, 7) is 2.77. The Morgan fingerprint density at radius 3 is 3.06 bits per heavy atom. The molecule has 2 rings (SSSR count). The first kappa shape index (κ1) is 12.2. The SMILES string of the molecule is CCOC(=O)C(C#N)=CN1CCc2ccccc21. The first-order valence-electron chi connectivity index (χ1n) is 5.90. The minimum atomic E-state index is -0.565. The molecule has 0 amide bonds. The van der Waals surface area contributed by atoms with Gasteiger partial charge in [0.25, 0.3) is 0 Å². The number of carbonyl (C=O) groups excluding carboxylic acids is 1. The minimum absolute atomic E-state index is 0.0357. The molecule has 0 bridgehead atoms. The molecule has 0 aliphatic carbocycles. The number of esters is 1. The van der Waals surface area contributed by atoms with Crippen LogP contribution < -0.4 is 4.90 Å². The first-order chi connectivity index (χ1) is 8.76. The van der Waals surface area contributed by atoms with E-state index in [2.05, 4.69) is 6.07 Å². The molecule has 0 aromatic heterocycles. The van der Waals surface area contributed by atoms with Gasteiger partial charge >= 0.3 is 5.97 Å². The maximum absolute atomic E-state index is 11.5. The van der Waals surface area contributed by atoms with Crippen LogP contribution in [0.2, 0.25) is 0 Å². The summed E-state index contributed by atoms with van der Waals surface area (Å²) in [4.78, 5) is 13.5. The van der Waals surface area contributed by atoms with Crippen molar-refractivity contribution in [2.45, 2.75) is 13.3 Å².